The van der Waals surface area contributed by atoms with E-state index >= 15 is 0 Å². The number of hydrogen-bond acceptors (Lipinski definition) is 4. The number of hydrogen-bond donors (Lipinski definition) is 0. The Bertz CT molecular complexity index is 341. The highest BCUT2D eigenvalue weighted by Crippen LogP contribution is 2.15. The number of rotatable bonds is 4. The van der Waals surface area contributed by atoms with E-state index in [1.807, 2.05) is 0 Å². The van der Waals surface area contributed by atoms with Crippen molar-refractivity contribution >= 4 is 6.29 Å². The van der Waals surface area contributed by atoms with Crippen LogP contribution in [0.1, 0.15) is 16.2 Å². The van der Waals surface area contributed by atoms with Crippen LogP contribution < -0.4 is 0 Å². The summed E-state index contributed by atoms with van der Waals surface area (Å²) in [6, 6.07) is 1.27. The van der Waals surface area contributed by atoms with Gasteiger partial charge in [-0.05, 0) is 6.07 Å². The lowest BCUT2D eigenvalue weighted by Crippen LogP contribution is -2.17. The second kappa shape index (κ2) is 4.83. The normalized spacial score (nSPS) is 11.4. The maximum atomic E-state index is 11.7. The van der Waals surface area contributed by atoms with Crippen LogP contribution in [-0.2, 0) is 11.3 Å². The van der Waals surface area contributed by atoms with Gasteiger partial charge in [0.1, 0.15) is 18.6 Å². The van der Waals surface area contributed by atoms with E-state index in [0.29, 0.717) is 6.29 Å². The standard InChI is InChI=1S/C8H7F3N2O2/c9-8(10,11)4-15-3-7-1-6(2-14)12-5-13-7/h1-2,5H,3-4H2. The molecule has 4 nitrogen and oxygen atoms in total. The number of halogens is 3. The van der Waals surface area contributed by atoms with E-state index < -0.39 is 12.8 Å². The molecular weight excluding hydrogens is 213 g/mol. The van der Waals surface area contributed by atoms with Gasteiger partial charge in [-0.3, -0.25) is 4.79 Å². The maximum absolute atomic E-state index is 11.7. The Morgan fingerprint density at radius 2 is 2.13 bits per heavy atom. The molecule has 1 rings (SSSR count). The molecule has 0 unspecified atom stereocenters. The largest absolute Gasteiger partial charge is 0.411 e. The van der Waals surface area contributed by atoms with Gasteiger partial charge in [0.05, 0.1) is 12.3 Å². The van der Waals surface area contributed by atoms with Crippen LogP contribution in [0.15, 0.2) is 12.4 Å². The predicted octanol–water partition coefficient (Wildman–Crippen LogP) is 1.37. The molecular formula is C8H7F3N2O2. The van der Waals surface area contributed by atoms with Gasteiger partial charge < -0.3 is 4.74 Å². The fraction of sp³-hybridized carbons (Fsp3) is 0.375. The van der Waals surface area contributed by atoms with Gasteiger partial charge >= 0.3 is 6.18 Å². The van der Waals surface area contributed by atoms with Crippen molar-refractivity contribution in [3.8, 4) is 0 Å². The second-order valence-corrected chi connectivity index (χ2v) is 2.66. The van der Waals surface area contributed by atoms with Crippen LogP contribution in [0.3, 0.4) is 0 Å². The van der Waals surface area contributed by atoms with Crippen molar-refractivity contribution in [3.05, 3.63) is 23.8 Å². The van der Waals surface area contributed by atoms with Gasteiger partial charge in [-0.1, -0.05) is 0 Å². The Morgan fingerprint density at radius 1 is 1.40 bits per heavy atom. The van der Waals surface area contributed by atoms with Crippen molar-refractivity contribution in [1.29, 1.82) is 0 Å². The summed E-state index contributed by atoms with van der Waals surface area (Å²) in [5, 5.41) is 0. The first-order valence-corrected chi connectivity index (χ1v) is 3.92. The van der Waals surface area contributed by atoms with Crippen molar-refractivity contribution in [2.75, 3.05) is 6.61 Å². The Morgan fingerprint density at radius 3 is 2.73 bits per heavy atom. The van der Waals surface area contributed by atoms with E-state index in [-0.39, 0.29) is 18.0 Å². The van der Waals surface area contributed by atoms with E-state index in [2.05, 4.69) is 14.7 Å². The molecule has 0 spiro atoms. The molecule has 0 saturated heterocycles. The average molecular weight is 220 g/mol. The van der Waals surface area contributed by atoms with Gasteiger partial charge in [-0.25, -0.2) is 9.97 Å². The first-order valence-electron chi connectivity index (χ1n) is 3.92. The Balaban J connectivity index is 2.47. The zero-order valence-corrected chi connectivity index (χ0v) is 7.49. The molecule has 0 bridgehead atoms. The third-order valence-electron chi connectivity index (χ3n) is 1.38. The van der Waals surface area contributed by atoms with Crippen LogP contribution in [0.4, 0.5) is 13.2 Å². The lowest BCUT2D eigenvalue weighted by Gasteiger charge is -2.06. The van der Waals surface area contributed by atoms with Crippen LogP contribution in [0.5, 0.6) is 0 Å². The Labute approximate surface area is 83.1 Å². The number of alkyl halides is 3. The minimum atomic E-state index is -4.36. The van der Waals surface area contributed by atoms with Gasteiger partial charge in [0.15, 0.2) is 6.29 Å². The Hall–Kier alpha value is -1.50. The van der Waals surface area contributed by atoms with Crippen molar-refractivity contribution in [2.24, 2.45) is 0 Å². The molecule has 0 aliphatic carbocycles. The number of aromatic nitrogens is 2. The van der Waals surface area contributed by atoms with Crippen molar-refractivity contribution < 1.29 is 22.7 Å². The second-order valence-electron chi connectivity index (χ2n) is 2.66. The first kappa shape index (κ1) is 11.6. The summed E-state index contributed by atoms with van der Waals surface area (Å²) in [4.78, 5) is 17.5. The summed E-state index contributed by atoms with van der Waals surface area (Å²) in [5.74, 6) is 0. The minimum absolute atomic E-state index is 0.107. The van der Waals surface area contributed by atoms with E-state index in [0.717, 1.165) is 6.33 Å². The van der Waals surface area contributed by atoms with Crippen LogP contribution in [0.2, 0.25) is 0 Å². The van der Waals surface area contributed by atoms with Crippen molar-refractivity contribution in [1.82, 2.24) is 9.97 Å². The highest BCUT2D eigenvalue weighted by molar-refractivity contribution is 5.71. The Kier molecular flexibility index (Phi) is 3.73. The lowest BCUT2D eigenvalue weighted by atomic mass is 10.3. The first-order chi connectivity index (χ1) is 7.01. The molecule has 0 atom stereocenters. The highest BCUT2D eigenvalue weighted by atomic mass is 19.4. The van der Waals surface area contributed by atoms with Gasteiger partial charge in [0.25, 0.3) is 0 Å². The summed E-state index contributed by atoms with van der Waals surface area (Å²) in [6.45, 7) is -1.64. The van der Waals surface area contributed by atoms with Crippen LogP contribution in [-0.4, -0.2) is 29.0 Å². The van der Waals surface area contributed by atoms with E-state index in [4.69, 9.17) is 0 Å². The van der Waals surface area contributed by atoms with Crippen molar-refractivity contribution in [2.45, 2.75) is 12.8 Å². The fourth-order valence-electron chi connectivity index (χ4n) is 0.830. The molecule has 82 valence electrons. The summed E-state index contributed by atoms with van der Waals surface area (Å²) in [6.07, 6.45) is -2.79. The van der Waals surface area contributed by atoms with Crippen LogP contribution >= 0.6 is 0 Å². The number of carbonyl (C=O) groups is 1. The van der Waals surface area contributed by atoms with Crippen molar-refractivity contribution in [3.63, 3.8) is 0 Å². The van der Waals surface area contributed by atoms with Crippen LogP contribution in [0.25, 0.3) is 0 Å². The molecule has 1 aromatic rings. The SMILES string of the molecule is O=Cc1cc(COCC(F)(F)F)ncn1. The van der Waals surface area contributed by atoms with Gasteiger partial charge in [0.2, 0.25) is 0 Å². The molecule has 0 saturated carbocycles. The van der Waals surface area contributed by atoms with Crippen LogP contribution in [0, 0.1) is 0 Å². The van der Waals surface area contributed by atoms with E-state index in [1.54, 1.807) is 0 Å². The van der Waals surface area contributed by atoms with Gasteiger partial charge in [-0.2, -0.15) is 13.2 Å². The summed E-state index contributed by atoms with van der Waals surface area (Å²) >= 11 is 0. The monoisotopic (exact) mass is 220 g/mol. The van der Waals surface area contributed by atoms with Gasteiger partial charge in [0, 0.05) is 0 Å². The molecule has 1 heterocycles. The fourth-order valence-corrected chi connectivity index (χ4v) is 0.830. The predicted molar refractivity (Wildman–Crippen MR) is 43.1 cm³/mol. The van der Waals surface area contributed by atoms with E-state index in [1.165, 1.54) is 6.07 Å². The topological polar surface area (TPSA) is 52.1 Å². The molecule has 0 aliphatic heterocycles. The summed E-state index contributed by atoms with van der Waals surface area (Å²) in [7, 11) is 0. The molecule has 0 N–H and O–H groups in total. The molecule has 7 heteroatoms. The number of carbonyl (C=O) groups excluding carboxylic acids is 1. The number of aldehydes is 1. The molecule has 1 aromatic heterocycles. The smallest absolute Gasteiger partial charge is 0.366 e. The maximum Gasteiger partial charge on any atom is 0.411 e. The third-order valence-corrected chi connectivity index (χ3v) is 1.38. The molecule has 0 radical (unpaired) electrons. The summed E-state index contributed by atoms with van der Waals surface area (Å²) in [5.41, 5.74) is 0.340. The molecule has 0 amide bonds. The lowest BCUT2D eigenvalue weighted by molar-refractivity contribution is -0.176. The minimum Gasteiger partial charge on any atom is -0.366 e. The molecule has 0 aromatic carbocycles. The zero-order chi connectivity index (χ0) is 11.3. The third kappa shape index (κ3) is 4.50. The number of nitrogens with zero attached hydrogens (tertiary/aromatic N) is 2. The average Bonchev–Trinajstić information content (AvgIpc) is 2.16. The van der Waals surface area contributed by atoms with Gasteiger partial charge in [-0.15, -0.1) is 0 Å². The molecule has 0 aliphatic rings. The zero-order valence-electron chi connectivity index (χ0n) is 7.49. The summed E-state index contributed by atoms with van der Waals surface area (Å²) < 4.78 is 39.4. The molecule has 15 heavy (non-hydrogen) atoms. The molecule has 0 fully saturated rings. The number of ether oxygens (including phenoxy) is 1. The highest BCUT2D eigenvalue weighted by Gasteiger charge is 2.27. The quantitative estimate of drug-likeness (QED) is 0.719. The van der Waals surface area contributed by atoms with E-state index in [9.17, 15) is 18.0 Å².